The number of hydrogen-bond donors (Lipinski definition) is 3. The molecule has 0 heterocycles. The van der Waals surface area contributed by atoms with Gasteiger partial charge >= 0.3 is 0 Å². The van der Waals surface area contributed by atoms with Gasteiger partial charge in [-0.05, 0) is 18.2 Å². The van der Waals surface area contributed by atoms with Crippen LogP contribution in [0.25, 0.3) is 0 Å². The van der Waals surface area contributed by atoms with Crippen LogP contribution in [0.4, 0.5) is 0 Å². The summed E-state index contributed by atoms with van der Waals surface area (Å²) in [5, 5.41) is 18.3. The van der Waals surface area contributed by atoms with E-state index in [-0.39, 0.29) is 11.5 Å². The molecule has 3 N–H and O–H groups in total. The molecule has 0 amide bonds. The van der Waals surface area contributed by atoms with Crippen molar-refractivity contribution in [3.8, 4) is 11.5 Å². The van der Waals surface area contributed by atoms with Gasteiger partial charge in [0.15, 0.2) is 0 Å². The fourth-order valence-corrected chi connectivity index (χ4v) is 0.863. The molecule has 0 saturated heterocycles. The lowest BCUT2D eigenvalue weighted by Gasteiger charge is -2.04. The third-order valence-corrected chi connectivity index (χ3v) is 1.47. The van der Waals surface area contributed by atoms with Gasteiger partial charge in [-0.3, -0.25) is 0 Å². The highest BCUT2D eigenvalue weighted by Crippen LogP contribution is 2.21. The second kappa shape index (κ2) is 3.94. The molecule has 0 unspecified atom stereocenters. The molecule has 0 radical (unpaired) electrons. The first-order valence-electron chi connectivity index (χ1n) is 3.50. The van der Waals surface area contributed by atoms with Gasteiger partial charge in [0.1, 0.15) is 11.5 Å². The van der Waals surface area contributed by atoms with Gasteiger partial charge in [0.2, 0.25) is 0 Å². The van der Waals surface area contributed by atoms with Crippen molar-refractivity contribution in [2.75, 3.05) is 7.11 Å². The largest absolute Gasteiger partial charge is 0.508 e. The monoisotopic (exact) mass is 169 g/mol. The maximum atomic E-state index is 9.25. The number of phenolic OH excluding ortho intramolecular Hbond substituents is 2. The van der Waals surface area contributed by atoms with Crippen molar-refractivity contribution in [2.24, 2.45) is 0 Å². The highest BCUT2D eigenvalue weighted by atomic mass is 16.6. The average molecular weight is 169 g/mol. The first-order chi connectivity index (χ1) is 5.74. The second-order valence-corrected chi connectivity index (χ2v) is 2.34. The van der Waals surface area contributed by atoms with E-state index in [0.29, 0.717) is 12.1 Å². The van der Waals surface area contributed by atoms with Gasteiger partial charge < -0.3 is 15.1 Å². The normalized spacial score (nSPS) is 10.1. The number of nitrogens with one attached hydrogen (secondary N) is 1. The molecular formula is C8H11NO3. The van der Waals surface area contributed by atoms with Crippen LogP contribution < -0.4 is 5.48 Å². The summed E-state index contributed by atoms with van der Waals surface area (Å²) in [4.78, 5) is 4.60. The quantitative estimate of drug-likeness (QED) is 0.461. The van der Waals surface area contributed by atoms with E-state index >= 15 is 0 Å². The molecule has 1 rings (SSSR count). The smallest absolute Gasteiger partial charge is 0.120 e. The van der Waals surface area contributed by atoms with E-state index in [1.165, 1.54) is 25.3 Å². The Labute approximate surface area is 70.4 Å². The highest BCUT2D eigenvalue weighted by molar-refractivity contribution is 5.38. The Bertz CT molecular complexity index is 262. The van der Waals surface area contributed by atoms with Crippen LogP contribution in [0.5, 0.6) is 11.5 Å². The summed E-state index contributed by atoms with van der Waals surface area (Å²) in [5.41, 5.74) is 3.16. The summed E-state index contributed by atoms with van der Waals surface area (Å²) in [6.45, 7) is 0.358. The molecule has 4 nitrogen and oxygen atoms in total. The summed E-state index contributed by atoms with van der Waals surface area (Å²) in [6.07, 6.45) is 0. The van der Waals surface area contributed by atoms with Gasteiger partial charge in [-0.25, -0.2) is 0 Å². The Morgan fingerprint density at radius 1 is 1.42 bits per heavy atom. The third-order valence-electron chi connectivity index (χ3n) is 1.47. The average Bonchev–Trinajstić information content (AvgIpc) is 2.07. The second-order valence-electron chi connectivity index (χ2n) is 2.34. The zero-order chi connectivity index (χ0) is 8.97. The van der Waals surface area contributed by atoms with Gasteiger partial charge in [-0.2, -0.15) is 5.48 Å². The van der Waals surface area contributed by atoms with Crippen LogP contribution in [0.15, 0.2) is 18.2 Å². The molecule has 0 spiro atoms. The van der Waals surface area contributed by atoms with Crippen LogP contribution in [-0.4, -0.2) is 17.3 Å². The lowest BCUT2D eigenvalue weighted by molar-refractivity contribution is 0.0861. The maximum Gasteiger partial charge on any atom is 0.120 e. The molecule has 0 aliphatic heterocycles. The van der Waals surface area contributed by atoms with E-state index in [9.17, 15) is 5.11 Å². The molecule has 0 atom stereocenters. The molecule has 66 valence electrons. The number of rotatable bonds is 3. The van der Waals surface area contributed by atoms with Crippen LogP contribution >= 0.6 is 0 Å². The standard InChI is InChI=1S/C8H11NO3/c1-12-9-5-6-4-7(10)2-3-8(6)11/h2-4,9-11H,5H2,1H3. The molecule has 0 bridgehead atoms. The Kier molecular flexibility index (Phi) is 2.90. The zero-order valence-corrected chi connectivity index (χ0v) is 6.74. The third kappa shape index (κ3) is 2.11. The van der Waals surface area contributed by atoms with Gasteiger partial charge in [0.05, 0.1) is 7.11 Å². The van der Waals surface area contributed by atoms with Crippen LogP contribution in [-0.2, 0) is 11.4 Å². The number of benzene rings is 1. The van der Waals surface area contributed by atoms with Crippen LogP contribution in [0.3, 0.4) is 0 Å². The molecule has 0 aliphatic carbocycles. The number of aromatic hydroxyl groups is 2. The van der Waals surface area contributed by atoms with E-state index in [2.05, 4.69) is 10.3 Å². The van der Waals surface area contributed by atoms with Crippen molar-refractivity contribution in [3.63, 3.8) is 0 Å². The van der Waals surface area contributed by atoms with E-state index in [0.717, 1.165) is 0 Å². The fourth-order valence-electron chi connectivity index (χ4n) is 0.863. The predicted molar refractivity (Wildman–Crippen MR) is 43.6 cm³/mol. The Hall–Kier alpha value is -1.26. The van der Waals surface area contributed by atoms with Gasteiger partial charge in [-0.15, -0.1) is 0 Å². The van der Waals surface area contributed by atoms with Crippen LogP contribution in [0, 0.1) is 0 Å². The molecular weight excluding hydrogens is 158 g/mol. The Balaban J connectivity index is 2.75. The minimum absolute atomic E-state index is 0.126. The summed E-state index contributed by atoms with van der Waals surface area (Å²) in [5.74, 6) is 0.262. The highest BCUT2D eigenvalue weighted by Gasteiger charge is 2.00. The predicted octanol–water partition coefficient (Wildman–Crippen LogP) is 0.749. The first-order valence-corrected chi connectivity index (χ1v) is 3.50. The molecule has 12 heavy (non-hydrogen) atoms. The van der Waals surface area contributed by atoms with Crippen molar-refractivity contribution in [1.82, 2.24) is 5.48 Å². The molecule has 0 aliphatic rings. The lowest BCUT2D eigenvalue weighted by atomic mass is 10.2. The Morgan fingerprint density at radius 3 is 2.83 bits per heavy atom. The molecule has 1 aromatic carbocycles. The van der Waals surface area contributed by atoms with Crippen molar-refractivity contribution >= 4 is 0 Å². The lowest BCUT2D eigenvalue weighted by Crippen LogP contribution is -2.10. The maximum absolute atomic E-state index is 9.25. The molecule has 0 fully saturated rings. The van der Waals surface area contributed by atoms with Crippen molar-refractivity contribution in [3.05, 3.63) is 23.8 Å². The molecule has 0 aromatic heterocycles. The van der Waals surface area contributed by atoms with E-state index < -0.39 is 0 Å². The molecule has 1 aromatic rings. The van der Waals surface area contributed by atoms with Gasteiger partial charge in [-0.1, -0.05) is 0 Å². The van der Waals surface area contributed by atoms with Crippen LogP contribution in [0.1, 0.15) is 5.56 Å². The van der Waals surface area contributed by atoms with E-state index in [1.807, 2.05) is 0 Å². The molecule has 0 saturated carbocycles. The van der Waals surface area contributed by atoms with Crippen molar-refractivity contribution in [1.29, 1.82) is 0 Å². The summed E-state index contributed by atoms with van der Waals surface area (Å²) >= 11 is 0. The Morgan fingerprint density at radius 2 is 2.17 bits per heavy atom. The minimum Gasteiger partial charge on any atom is -0.508 e. The zero-order valence-electron chi connectivity index (χ0n) is 6.74. The summed E-state index contributed by atoms with van der Waals surface area (Å²) < 4.78 is 0. The number of hydroxylamine groups is 1. The van der Waals surface area contributed by atoms with E-state index in [1.54, 1.807) is 0 Å². The summed E-state index contributed by atoms with van der Waals surface area (Å²) in [7, 11) is 1.49. The van der Waals surface area contributed by atoms with Crippen LogP contribution in [0.2, 0.25) is 0 Å². The topological polar surface area (TPSA) is 61.7 Å². The van der Waals surface area contributed by atoms with Gasteiger partial charge in [0, 0.05) is 12.1 Å². The number of phenols is 2. The first kappa shape index (κ1) is 8.83. The van der Waals surface area contributed by atoms with Crippen molar-refractivity contribution in [2.45, 2.75) is 6.54 Å². The minimum atomic E-state index is 0.126. The number of hydrogen-bond acceptors (Lipinski definition) is 4. The van der Waals surface area contributed by atoms with Gasteiger partial charge in [0.25, 0.3) is 0 Å². The van der Waals surface area contributed by atoms with Crippen molar-refractivity contribution < 1.29 is 15.1 Å². The molecule has 4 heteroatoms. The SMILES string of the molecule is CONCc1cc(O)ccc1O. The van der Waals surface area contributed by atoms with E-state index in [4.69, 9.17) is 5.11 Å². The summed E-state index contributed by atoms with van der Waals surface area (Å²) in [6, 6.07) is 4.33. The fraction of sp³-hybridized carbons (Fsp3) is 0.250.